The Kier molecular flexibility index (Phi) is 5.22. The van der Waals surface area contributed by atoms with Gasteiger partial charge in [-0.25, -0.2) is 0 Å². The van der Waals surface area contributed by atoms with Crippen molar-refractivity contribution in [3.63, 3.8) is 0 Å². The van der Waals surface area contributed by atoms with Crippen LogP contribution in [0.15, 0.2) is 18.2 Å². The fourth-order valence-corrected chi connectivity index (χ4v) is 3.23. The minimum atomic E-state index is 0.287. The van der Waals surface area contributed by atoms with E-state index in [-0.39, 0.29) is 6.10 Å². The lowest BCUT2D eigenvalue weighted by Gasteiger charge is -2.24. The van der Waals surface area contributed by atoms with Gasteiger partial charge in [-0.2, -0.15) is 11.8 Å². The molecule has 1 aromatic rings. The summed E-state index contributed by atoms with van der Waals surface area (Å²) in [7, 11) is 0. The summed E-state index contributed by atoms with van der Waals surface area (Å²) >= 11 is 7.82. The van der Waals surface area contributed by atoms with E-state index in [1.165, 1.54) is 6.42 Å². The van der Waals surface area contributed by atoms with E-state index in [1.54, 1.807) is 0 Å². The topological polar surface area (TPSA) is 21.3 Å². The van der Waals surface area contributed by atoms with Crippen LogP contribution in [0.25, 0.3) is 0 Å². The third-order valence-electron chi connectivity index (χ3n) is 3.37. The molecule has 1 N–H and O–H groups in total. The van der Waals surface area contributed by atoms with E-state index in [1.807, 2.05) is 36.9 Å². The molecule has 0 spiro atoms. The molecule has 0 amide bonds. The minimum Gasteiger partial charge on any atom is -0.489 e. The predicted molar refractivity (Wildman–Crippen MR) is 80.0 cm³/mol. The fourth-order valence-electron chi connectivity index (χ4n) is 2.33. The van der Waals surface area contributed by atoms with E-state index in [0.29, 0.717) is 5.92 Å². The minimum absolute atomic E-state index is 0.287. The highest BCUT2D eigenvalue weighted by Gasteiger charge is 2.26. The standard InChI is InChI=1S/C14H20ClNOS/c1-10-7-12(15)3-4-13(10)17-14(9-18-2)11-5-6-16-8-11/h3-4,7,11,14,16H,5-6,8-9H2,1-2H3. The van der Waals surface area contributed by atoms with Gasteiger partial charge in [0.25, 0.3) is 0 Å². The summed E-state index contributed by atoms with van der Waals surface area (Å²) in [6.45, 7) is 4.22. The van der Waals surface area contributed by atoms with E-state index >= 15 is 0 Å². The van der Waals surface area contributed by atoms with Crippen molar-refractivity contribution in [3.05, 3.63) is 28.8 Å². The number of rotatable bonds is 5. The molecule has 1 aliphatic heterocycles. The Morgan fingerprint density at radius 3 is 3.00 bits per heavy atom. The maximum absolute atomic E-state index is 6.21. The molecule has 1 fully saturated rings. The highest BCUT2D eigenvalue weighted by Crippen LogP contribution is 2.27. The first kappa shape index (κ1) is 14.0. The summed E-state index contributed by atoms with van der Waals surface area (Å²) in [5, 5.41) is 4.18. The average Bonchev–Trinajstić information content (AvgIpc) is 2.85. The second kappa shape index (κ2) is 6.69. The Labute approximate surface area is 118 Å². The predicted octanol–water partition coefficient (Wildman–Crippen LogP) is 3.37. The number of ether oxygens (including phenoxy) is 1. The molecule has 0 aromatic heterocycles. The molecule has 0 aliphatic carbocycles. The van der Waals surface area contributed by atoms with Crippen LogP contribution in [0.3, 0.4) is 0 Å². The number of hydrogen-bond donors (Lipinski definition) is 1. The lowest BCUT2D eigenvalue weighted by Crippen LogP contribution is -2.31. The number of aryl methyl sites for hydroxylation is 1. The van der Waals surface area contributed by atoms with E-state index in [2.05, 4.69) is 11.6 Å². The van der Waals surface area contributed by atoms with E-state index in [4.69, 9.17) is 16.3 Å². The Morgan fingerprint density at radius 2 is 2.39 bits per heavy atom. The first-order valence-corrected chi connectivity index (χ1v) is 8.10. The van der Waals surface area contributed by atoms with Crippen molar-refractivity contribution < 1.29 is 4.74 Å². The Morgan fingerprint density at radius 1 is 1.56 bits per heavy atom. The average molecular weight is 286 g/mol. The van der Waals surface area contributed by atoms with Crippen molar-refractivity contribution in [2.45, 2.75) is 19.4 Å². The maximum atomic E-state index is 6.21. The molecule has 0 radical (unpaired) electrons. The molecule has 1 aromatic carbocycles. The van der Waals surface area contributed by atoms with Gasteiger partial charge in [-0.1, -0.05) is 11.6 Å². The fraction of sp³-hybridized carbons (Fsp3) is 0.571. The van der Waals surface area contributed by atoms with Gasteiger partial charge in [-0.15, -0.1) is 0 Å². The van der Waals surface area contributed by atoms with Gasteiger partial charge in [0.1, 0.15) is 11.9 Å². The van der Waals surface area contributed by atoms with E-state index in [0.717, 1.165) is 35.2 Å². The summed E-state index contributed by atoms with van der Waals surface area (Å²) in [6.07, 6.45) is 3.63. The summed E-state index contributed by atoms with van der Waals surface area (Å²) in [5.74, 6) is 2.62. The van der Waals surface area contributed by atoms with Crippen molar-refractivity contribution in [2.24, 2.45) is 5.92 Å². The summed E-state index contributed by atoms with van der Waals surface area (Å²) < 4.78 is 6.21. The van der Waals surface area contributed by atoms with Crippen LogP contribution in [-0.4, -0.2) is 31.2 Å². The maximum Gasteiger partial charge on any atom is 0.122 e. The SMILES string of the molecule is CSCC(Oc1ccc(Cl)cc1C)C1CCNC1. The van der Waals surface area contributed by atoms with Gasteiger partial charge in [0, 0.05) is 23.2 Å². The molecule has 100 valence electrons. The normalized spacial score (nSPS) is 20.9. The Balaban J connectivity index is 2.07. The molecule has 1 saturated heterocycles. The van der Waals surface area contributed by atoms with Crippen molar-refractivity contribution in [3.8, 4) is 5.75 Å². The molecule has 0 saturated carbocycles. The van der Waals surface area contributed by atoms with E-state index < -0.39 is 0 Å². The second-order valence-corrected chi connectivity index (χ2v) is 6.12. The molecule has 0 bridgehead atoms. The summed E-state index contributed by atoms with van der Waals surface area (Å²) in [4.78, 5) is 0. The van der Waals surface area contributed by atoms with Crippen LogP contribution in [0.5, 0.6) is 5.75 Å². The highest BCUT2D eigenvalue weighted by atomic mass is 35.5. The number of benzene rings is 1. The first-order valence-electron chi connectivity index (χ1n) is 6.33. The molecular formula is C14H20ClNOS. The van der Waals surface area contributed by atoms with Gasteiger partial charge in [-0.3, -0.25) is 0 Å². The van der Waals surface area contributed by atoms with Crippen molar-refractivity contribution in [1.82, 2.24) is 5.32 Å². The zero-order valence-electron chi connectivity index (χ0n) is 10.9. The zero-order valence-corrected chi connectivity index (χ0v) is 12.5. The lowest BCUT2D eigenvalue weighted by atomic mass is 10.0. The van der Waals surface area contributed by atoms with Crippen LogP contribution in [0, 0.1) is 12.8 Å². The molecule has 2 nitrogen and oxygen atoms in total. The monoisotopic (exact) mass is 285 g/mol. The Hall–Kier alpha value is -0.380. The van der Waals surface area contributed by atoms with Crippen LogP contribution in [0.1, 0.15) is 12.0 Å². The Bertz CT molecular complexity index is 393. The third kappa shape index (κ3) is 3.56. The van der Waals surface area contributed by atoms with Crippen LogP contribution in [0.2, 0.25) is 5.02 Å². The molecule has 2 atom stereocenters. The molecule has 18 heavy (non-hydrogen) atoms. The van der Waals surface area contributed by atoms with Crippen LogP contribution >= 0.6 is 23.4 Å². The van der Waals surface area contributed by atoms with Gasteiger partial charge in [0.15, 0.2) is 0 Å². The lowest BCUT2D eigenvalue weighted by molar-refractivity contribution is 0.164. The number of halogens is 1. The molecule has 2 unspecified atom stereocenters. The molecule has 1 aliphatic rings. The number of hydrogen-bond acceptors (Lipinski definition) is 3. The highest BCUT2D eigenvalue weighted by molar-refractivity contribution is 7.98. The number of thioether (sulfide) groups is 1. The second-order valence-electron chi connectivity index (χ2n) is 4.77. The van der Waals surface area contributed by atoms with Crippen LogP contribution < -0.4 is 10.1 Å². The first-order chi connectivity index (χ1) is 8.70. The van der Waals surface area contributed by atoms with Gasteiger partial charge < -0.3 is 10.1 Å². The molecule has 4 heteroatoms. The van der Waals surface area contributed by atoms with Gasteiger partial charge in [-0.05, 0) is 49.9 Å². The van der Waals surface area contributed by atoms with Gasteiger partial charge >= 0.3 is 0 Å². The van der Waals surface area contributed by atoms with E-state index in [9.17, 15) is 0 Å². The van der Waals surface area contributed by atoms with Gasteiger partial charge in [0.2, 0.25) is 0 Å². The molecule has 1 heterocycles. The van der Waals surface area contributed by atoms with Crippen molar-refractivity contribution in [2.75, 3.05) is 25.1 Å². The van der Waals surface area contributed by atoms with Crippen molar-refractivity contribution >= 4 is 23.4 Å². The zero-order chi connectivity index (χ0) is 13.0. The molecular weight excluding hydrogens is 266 g/mol. The summed E-state index contributed by atoms with van der Waals surface area (Å²) in [6, 6.07) is 5.83. The van der Waals surface area contributed by atoms with Crippen LogP contribution in [-0.2, 0) is 0 Å². The quantitative estimate of drug-likeness (QED) is 0.896. The number of nitrogens with one attached hydrogen (secondary N) is 1. The largest absolute Gasteiger partial charge is 0.489 e. The summed E-state index contributed by atoms with van der Waals surface area (Å²) in [5.41, 5.74) is 1.11. The van der Waals surface area contributed by atoms with Crippen molar-refractivity contribution in [1.29, 1.82) is 0 Å². The van der Waals surface area contributed by atoms with Crippen LogP contribution in [0.4, 0.5) is 0 Å². The third-order valence-corrected chi connectivity index (χ3v) is 4.27. The smallest absolute Gasteiger partial charge is 0.122 e. The molecule has 2 rings (SSSR count). The van der Waals surface area contributed by atoms with Gasteiger partial charge in [0.05, 0.1) is 0 Å².